The van der Waals surface area contributed by atoms with E-state index in [9.17, 15) is 9.59 Å². The van der Waals surface area contributed by atoms with E-state index in [-0.39, 0.29) is 18.4 Å². The predicted octanol–water partition coefficient (Wildman–Crippen LogP) is 4.84. The van der Waals surface area contributed by atoms with Gasteiger partial charge in [0.2, 0.25) is 0 Å². The van der Waals surface area contributed by atoms with Crippen LogP contribution in [0.3, 0.4) is 0 Å². The fourth-order valence-corrected chi connectivity index (χ4v) is 3.76. The molecule has 0 fully saturated rings. The van der Waals surface area contributed by atoms with Crippen LogP contribution < -0.4 is 24.4 Å². The fourth-order valence-electron chi connectivity index (χ4n) is 3.76. The van der Waals surface area contributed by atoms with Crippen LogP contribution in [-0.4, -0.2) is 38.7 Å². The summed E-state index contributed by atoms with van der Waals surface area (Å²) in [4.78, 5) is 27.0. The van der Waals surface area contributed by atoms with Crippen molar-refractivity contribution < 1.29 is 23.8 Å². The van der Waals surface area contributed by atoms with Gasteiger partial charge < -0.3 is 24.4 Å². The standard InChI is InChI=1S/C27H28N2O5/c1-19-7-5-10-23(15-19)33-14-4-3-13-29-24-17-21(11-12-25(24)34-18-26(29)30)28-27(31)20-8-6-9-22(16-20)32-2/h5-12,15-17H,3-4,13-14,18H2,1-2H3,(H,28,31). The zero-order chi connectivity index (χ0) is 23.9. The van der Waals surface area contributed by atoms with Crippen molar-refractivity contribution in [2.75, 3.05) is 37.1 Å². The first-order chi connectivity index (χ1) is 16.5. The molecule has 0 aromatic heterocycles. The van der Waals surface area contributed by atoms with Crippen molar-refractivity contribution in [2.45, 2.75) is 19.8 Å². The van der Waals surface area contributed by atoms with Gasteiger partial charge in [0.1, 0.15) is 17.2 Å². The van der Waals surface area contributed by atoms with Gasteiger partial charge >= 0.3 is 0 Å². The van der Waals surface area contributed by atoms with E-state index in [4.69, 9.17) is 14.2 Å². The van der Waals surface area contributed by atoms with Gasteiger partial charge in [0.05, 0.1) is 19.4 Å². The molecule has 176 valence electrons. The number of hydrogen-bond acceptors (Lipinski definition) is 5. The van der Waals surface area contributed by atoms with Crippen LogP contribution in [0, 0.1) is 6.92 Å². The molecule has 0 spiro atoms. The third-order valence-electron chi connectivity index (χ3n) is 5.53. The van der Waals surface area contributed by atoms with E-state index < -0.39 is 0 Å². The molecule has 3 aromatic rings. The van der Waals surface area contributed by atoms with Crippen molar-refractivity contribution in [3.63, 3.8) is 0 Å². The van der Waals surface area contributed by atoms with E-state index in [1.807, 2.05) is 31.2 Å². The summed E-state index contributed by atoms with van der Waals surface area (Å²) >= 11 is 0. The quantitative estimate of drug-likeness (QED) is 0.463. The Morgan fingerprint density at radius 2 is 1.85 bits per heavy atom. The summed E-state index contributed by atoms with van der Waals surface area (Å²) in [6, 6.07) is 20.2. The minimum Gasteiger partial charge on any atom is -0.497 e. The van der Waals surface area contributed by atoms with Crippen LogP contribution in [0.4, 0.5) is 11.4 Å². The maximum atomic E-state index is 12.7. The number of amides is 2. The third kappa shape index (κ3) is 5.67. The van der Waals surface area contributed by atoms with Gasteiger partial charge in [-0.25, -0.2) is 0 Å². The Morgan fingerprint density at radius 3 is 2.68 bits per heavy atom. The summed E-state index contributed by atoms with van der Waals surface area (Å²) < 4.78 is 16.6. The fraction of sp³-hybridized carbons (Fsp3) is 0.259. The number of hydrogen-bond donors (Lipinski definition) is 1. The van der Waals surface area contributed by atoms with Crippen molar-refractivity contribution in [1.82, 2.24) is 0 Å². The van der Waals surface area contributed by atoms with Gasteiger partial charge in [0, 0.05) is 17.8 Å². The first-order valence-electron chi connectivity index (χ1n) is 11.3. The van der Waals surface area contributed by atoms with Gasteiger partial charge in [-0.15, -0.1) is 0 Å². The largest absolute Gasteiger partial charge is 0.497 e. The number of unbranched alkanes of at least 4 members (excludes halogenated alkanes) is 1. The predicted molar refractivity (Wildman–Crippen MR) is 131 cm³/mol. The number of carbonyl (C=O) groups is 2. The number of rotatable bonds is 9. The molecule has 7 nitrogen and oxygen atoms in total. The number of anilines is 2. The summed E-state index contributed by atoms with van der Waals surface area (Å²) in [6.45, 7) is 3.15. The Morgan fingerprint density at radius 1 is 1.03 bits per heavy atom. The molecule has 0 saturated heterocycles. The number of aryl methyl sites for hydroxylation is 1. The summed E-state index contributed by atoms with van der Waals surface area (Å²) in [7, 11) is 1.56. The van der Waals surface area contributed by atoms with Crippen LogP contribution >= 0.6 is 0 Å². The second-order valence-electron chi connectivity index (χ2n) is 8.07. The van der Waals surface area contributed by atoms with Crippen molar-refractivity contribution >= 4 is 23.2 Å². The molecule has 0 atom stereocenters. The molecular weight excluding hydrogens is 432 g/mol. The molecule has 0 unspecified atom stereocenters. The zero-order valence-corrected chi connectivity index (χ0v) is 19.4. The van der Waals surface area contributed by atoms with Crippen LogP contribution in [0.15, 0.2) is 66.7 Å². The Hall–Kier alpha value is -4.00. The maximum absolute atomic E-state index is 12.7. The van der Waals surface area contributed by atoms with E-state index in [0.717, 1.165) is 24.2 Å². The number of benzene rings is 3. The van der Waals surface area contributed by atoms with Crippen molar-refractivity contribution in [2.24, 2.45) is 0 Å². The van der Waals surface area contributed by atoms with Gasteiger partial charge in [-0.2, -0.15) is 0 Å². The molecule has 1 heterocycles. The highest BCUT2D eigenvalue weighted by molar-refractivity contribution is 6.05. The van der Waals surface area contributed by atoms with E-state index in [1.54, 1.807) is 54.5 Å². The van der Waals surface area contributed by atoms with Crippen molar-refractivity contribution in [3.8, 4) is 17.2 Å². The first-order valence-corrected chi connectivity index (χ1v) is 11.3. The molecular formula is C27H28N2O5. The minimum atomic E-state index is -0.262. The average molecular weight is 461 g/mol. The number of methoxy groups -OCH3 is 1. The normalized spacial score (nSPS) is 12.5. The van der Waals surface area contributed by atoms with Crippen LogP contribution in [0.1, 0.15) is 28.8 Å². The summed E-state index contributed by atoms with van der Waals surface area (Å²) in [5.74, 6) is 1.71. The lowest BCUT2D eigenvalue weighted by Crippen LogP contribution is -2.39. The Labute approximate surface area is 199 Å². The van der Waals surface area contributed by atoms with Crippen LogP contribution in [0.2, 0.25) is 0 Å². The number of carbonyl (C=O) groups excluding carboxylic acids is 2. The Bertz CT molecular complexity index is 1180. The monoisotopic (exact) mass is 460 g/mol. The second-order valence-corrected chi connectivity index (χ2v) is 8.07. The van der Waals surface area contributed by atoms with Crippen LogP contribution in [0.25, 0.3) is 0 Å². The molecule has 0 saturated carbocycles. The number of ether oxygens (including phenoxy) is 3. The third-order valence-corrected chi connectivity index (χ3v) is 5.53. The molecule has 3 aromatic carbocycles. The lowest BCUT2D eigenvalue weighted by Gasteiger charge is -2.30. The van der Waals surface area contributed by atoms with Crippen molar-refractivity contribution in [1.29, 1.82) is 0 Å². The number of nitrogens with zero attached hydrogens (tertiary/aromatic N) is 1. The van der Waals surface area contributed by atoms with Crippen LogP contribution in [-0.2, 0) is 4.79 Å². The van der Waals surface area contributed by atoms with Gasteiger partial charge in [0.25, 0.3) is 11.8 Å². The topological polar surface area (TPSA) is 77.1 Å². The van der Waals surface area contributed by atoms with Crippen molar-refractivity contribution in [3.05, 3.63) is 77.9 Å². The molecule has 0 bridgehead atoms. The Balaban J connectivity index is 1.38. The molecule has 1 N–H and O–H groups in total. The molecule has 0 aliphatic carbocycles. The highest BCUT2D eigenvalue weighted by Gasteiger charge is 2.25. The smallest absolute Gasteiger partial charge is 0.265 e. The van der Waals surface area contributed by atoms with Crippen LogP contribution in [0.5, 0.6) is 17.2 Å². The van der Waals surface area contributed by atoms with E-state index in [2.05, 4.69) is 5.32 Å². The summed E-state index contributed by atoms with van der Waals surface area (Å²) in [5, 5.41) is 2.89. The SMILES string of the molecule is COc1cccc(C(=O)Nc2ccc3c(c2)N(CCCCOc2cccc(C)c2)C(=O)CO3)c1. The lowest BCUT2D eigenvalue weighted by molar-refractivity contribution is -0.121. The molecule has 34 heavy (non-hydrogen) atoms. The van der Waals surface area contributed by atoms with Gasteiger partial charge in [-0.05, 0) is 73.9 Å². The average Bonchev–Trinajstić information content (AvgIpc) is 2.85. The number of fused-ring (bicyclic) bond motifs is 1. The minimum absolute atomic E-state index is 0.00229. The highest BCUT2D eigenvalue weighted by Crippen LogP contribution is 2.35. The Kier molecular flexibility index (Phi) is 7.32. The molecule has 7 heteroatoms. The van der Waals surface area contributed by atoms with E-state index in [1.165, 1.54) is 0 Å². The van der Waals surface area contributed by atoms with Gasteiger partial charge in [-0.1, -0.05) is 18.2 Å². The first kappa shape index (κ1) is 23.2. The molecule has 2 amide bonds. The molecule has 1 aliphatic rings. The maximum Gasteiger partial charge on any atom is 0.265 e. The summed E-state index contributed by atoms with van der Waals surface area (Å²) in [6.07, 6.45) is 1.58. The highest BCUT2D eigenvalue weighted by atomic mass is 16.5. The molecule has 1 aliphatic heterocycles. The summed E-state index contributed by atoms with van der Waals surface area (Å²) in [5.41, 5.74) is 2.87. The number of nitrogens with one attached hydrogen (secondary N) is 1. The lowest BCUT2D eigenvalue weighted by atomic mass is 10.1. The van der Waals surface area contributed by atoms with E-state index in [0.29, 0.717) is 41.6 Å². The second kappa shape index (κ2) is 10.7. The molecule has 4 rings (SSSR count). The zero-order valence-electron chi connectivity index (χ0n) is 19.4. The van der Waals surface area contributed by atoms with Gasteiger partial charge in [0.15, 0.2) is 6.61 Å². The van der Waals surface area contributed by atoms with Gasteiger partial charge in [-0.3, -0.25) is 9.59 Å². The molecule has 0 radical (unpaired) electrons. The van der Waals surface area contributed by atoms with E-state index >= 15 is 0 Å².